The van der Waals surface area contributed by atoms with Crippen molar-refractivity contribution in [2.24, 2.45) is 0 Å². The zero-order valence-corrected chi connectivity index (χ0v) is 19.8. The fraction of sp³-hybridized carbons (Fsp3) is 0.917. The van der Waals surface area contributed by atoms with Gasteiger partial charge in [-0.05, 0) is 53.4 Å². The summed E-state index contributed by atoms with van der Waals surface area (Å²) in [6, 6.07) is 0. The van der Waals surface area contributed by atoms with E-state index in [1.54, 1.807) is 0 Å². The van der Waals surface area contributed by atoms with E-state index in [1.807, 2.05) is 13.8 Å². The van der Waals surface area contributed by atoms with Crippen molar-refractivity contribution in [3.63, 3.8) is 0 Å². The molecule has 170 valence electrons. The van der Waals surface area contributed by atoms with Gasteiger partial charge in [-0.15, -0.1) is 0 Å². The van der Waals surface area contributed by atoms with Crippen LogP contribution in [0.4, 0.5) is 0 Å². The molecule has 0 spiro atoms. The lowest BCUT2D eigenvalue weighted by molar-refractivity contribution is -0.153. The monoisotopic (exact) mass is 411 g/mol. The van der Waals surface area contributed by atoms with Crippen molar-refractivity contribution < 1.29 is 19.1 Å². The minimum absolute atomic E-state index is 0.00684. The number of rotatable bonds is 13. The average Bonchev–Trinajstić information content (AvgIpc) is 2.59. The van der Waals surface area contributed by atoms with Crippen LogP contribution < -0.4 is 5.32 Å². The Morgan fingerprint density at radius 3 is 1.76 bits per heavy atom. The molecule has 5 heteroatoms. The van der Waals surface area contributed by atoms with Crippen LogP contribution >= 0.6 is 0 Å². The molecule has 1 saturated heterocycles. The summed E-state index contributed by atoms with van der Waals surface area (Å²) in [5.74, 6) is -0.127. The fourth-order valence-corrected chi connectivity index (χ4v) is 4.50. The minimum Gasteiger partial charge on any atom is -0.462 e. The summed E-state index contributed by atoms with van der Waals surface area (Å²) in [5.41, 5.74) is -0.0137. The summed E-state index contributed by atoms with van der Waals surface area (Å²) in [5, 5.41) is 3.61. The van der Waals surface area contributed by atoms with E-state index in [1.165, 1.54) is 0 Å². The van der Waals surface area contributed by atoms with Crippen LogP contribution in [0.5, 0.6) is 0 Å². The highest BCUT2D eigenvalue weighted by Gasteiger charge is 2.39. The van der Waals surface area contributed by atoms with Crippen molar-refractivity contribution >= 4 is 11.9 Å². The highest BCUT2D eigenvalue weighted by atomic mass is 16.5. The van der Waals surface area contributed by atoms with E-state index in [0.29, 0.717) is 12.8 Å². The predicted molar refractivity (Wildman–Crippen MR) is 118 cm³/mol. The van der Waals surface area contributed by atoms with Crippen LogP contribution in [0.3, 0.4) is 0 Å². The lowest BCUT2D eigenvalue weighted by Gasteiger charge is -2.45. The molecule has 0 bridgehead atoms. The highest BCUT2D eigenvalue weighted by molar-refractivity contribution is 5.69. The van der Waals surface area contributed by atoms with Crippen LogP contribution in [-0.4, -0.2) is 35.2 Å². The van der Waals surface area contributed by atoms with Crippen LogP contribution in [-0.2, 0) is 19.1 Å². The zero-order chi connectivity index (χ0) is 21.9. The topological polar surface area (TPSA) is 64.6 Å². The Labute approximate surface area is 178 Å². The van der Waals surface area contributed by atoms with Gasteiger partial charge in [0.25, 0.3) is 0 Å². The Balaban J connectivity index is 2.06. The molecule has 0 unspecified atom stereocenters. The van der Waals surface area contributed by atoms with E-state index >= 15 is 0 Å². The molecular formula is C24H45NO4. The molecule has 1 heterocycles. The predicted octanol–water partition coefficient (Wildman–Crippen LogP) is 5.69. The lowest BCUT2D eigenvalue weighted by atomic mass is 9.81. The fourth-order valence-electron chi connectivity index (χ4n) is 4.50. The van der Waals surface area contributed by atoms with Gasteiger partial charge in [0, 0.05) is 36.8 Å². The lowest BCUT2D eigenvalue weighted by Crippen LogP contribution is -2.59. The Hall–Kier alpha value is -1.10. The first-order chi connectivity index (χ1) is 13.6. The first-order valence-corrected chi connectivity index (χ1v) is 11.7. The quantitative estimate of drug-likeness (QED) is 0.311. The molecule has 1 aliphatic rings. The average molecular weight is 412 g/mol. The van der Waals surface area contributed by atoms with E-state index in [-0.39, 0.29) is 35.2 Å². The molecule has 0 aromatic heterocycles. The minimum atomic E-state index is -0.0642. The number of hydrogen-bond donors (Lipinski definition) is 1. The Bertz CT molecular complexity index is 481. The Morgan fingerprint density at radius 2 is 1.28 bits per heavy atom. The molecule has 0 aromatic rings. The summed E-state index contributed by atoms with van der Waals surface area (Å²) in [6.45, 7) is 12.8. The second-order valence-electron chi connectivity index (χ2n) is 9.96. The molecule has 1 rings (SSSR count). The molecular weight excluding hydrogens is 366 g/mol. The first-order valence-electron chi connectivity index (χ1n) is 11.7. The number of unbranched alkanes of at least 4 members (excludes halogenated alkanes) is 5. The molecule has 29 heavy (non-hydrogen) atoms. The summed E-state index contributed by atoms with van der Waals surface area (Å²) in [4.78, 5) is 23.9. The van der Waals surface area contributed by atoms with Crippen LogP contribution in [0.2, 0.25) is 0 Å². The van der Waals surface area contributed by atoms with Crippen LogP contribution in [0.25, 0.3) is 0 Å². The Kier molecular flexibility index (Phi) is 11.2. The van der Waals surface area contributed by atoms with Gasteiger partial charge < -0.3 is 14.8 Å². The van der Waals surface area contributed by atoms with Gasteiger partial charge in [-0.25, -0.2) is 0 Å². The third kappa shape index (κ3) is 11.6. The van der Waals surface area contributed by atoms with Crippen molar-refractivity contribution in [1.29, 1.82) is 0 Å². The van der Waals surface area contributed by atoms with Gasteiger partial charge in [0.15, 0.2) is 0 Å². The van der Waals surface area contributed by atoms with Crippen molar-refractivity contribution in [2.75, 3.05) is 0 Å². The van der Waals surface area contributed by atoms with Gasteiger partial charge in [-0.1, -0.05) is 39.5 Å². The molecule has 5 nitrogen and oxygen atoms in total. The second kappa shape index (κ2) is 12.6. The van der Waals surface area contributed by atoms with Crippen molar-refractivity contribution in [1.82, 2.24) is 5.32 Å². The van der Waals surface area contributed by atoms with Gasteiger partial charge in [-0.3, -0.25) is 9.59 Å². The first kappa shape index (κ1) is 25.9. The van der Waals surface area contributed by atoms with E-state index in [2.05, 4.69) is 33.0 Å². The van der Waals surface area contributed by atoms with Crippen molar-refractivity contribution in [3.05, 3.63) is 0 Å². The molecule has 0 aromatic carbocycles. The largest absolute Gasteiger partial charge is 0.462 e. The smallest absolute Gasteiger partial charge is 0.306 e. The summed E-state index contributed by atoms with van der Waals surface area (Å²) in [6.07, 6.45) is 10.7. The standard InChI is InChI=1S/C24H45NO4/c1-7-19(8-2)28-21(26)15-13-11-9-10-12-14-16-22(27)29-20-17-23(3,4)25-24(5,6)18-20/h19-20,25H,7-18H2,1-6H3. The molecule has 0 atom stereocenters. The van der Waals surface area contributed by atoms with Crippen LogP contribution in [0.15, 0.2) is 0 Å². The Morgan fingerprint density at radius 1 is 0.828 bits per heavy atom. The molecule has 1 fully saturated rings. The summed E-state index contributed by atoms with van der Waals surface area (Å²) in [7, 11) is 0. The number of ether oxygens (including phenoxy) is 2. The SMILES string of the molecule is CCC(CC)OC(=O)CCCCCCCCC(=O)OC1CC(C)(C)NC(C)(C)C1. The third-order valence-electron chi connectivity index (χ3n) is 5.67. The van der Waals surface area contributed by atoms with Gasteiger partial charge in [0.2, 0.25) is 0 Å². The highest BCUT2D eigenvalue weighted by Crippen LogP contribution is 2.30. The maximum atomic E-state index is 12.2. The summed E-state index contributed by atoms with van der Waals surface area (Å²) < 4.78 is 11.2. The van der Waals surface area contributed by atoms with Crippen molar-refractivity contribution in [3.8, 4) is 0 Å². The number of carbonyl (C=O) groups excluding carboxylic acids is 2. The van der Waals surface area contributed by atoms with E-state index in [4.69, 9.17) is 9.47 Å². The molecule has 0 amide bonds. The molecule has 1 aliphatic heterocycles. The molecule has 0 radical (unpaired) electrons. The zero-order valence-electron chi connectivity index (χ0n) is 19.8. The third-order valence-corrected chi connectivity index (χ3v) is 5.67. The van der Waals surface area contributed by atoms with E-state index in [9.17, 15) is 9.59 Å². The maximum Gasteiger partial charge on any atom is 0.306 e. The van der Waals surface area contributed by atoms with Gasteiger partial charge >= 0.3 is 11.9 Å². The molecule has 0 aliphatic carbocycles. The van der Waals surface area contributed by atoms with Gasteiger partial charge in [-0.2, -0.15) is 0 Å². The summed E-state index contributed by atoms with van der Waals surface area (Å²) >= 11 is 0. The normalized spacial score (nSPS) is 18.6. The molecule has 0 saturated carbocycles. The number of nitrogens with one attached hydrogen (secondary N) is 1. The number of piperidine rings is 1. The van der Waals surface area contributed by atoms with Gasteiger partial charge in [0.1, 0.15) is 12.2 Å². The number of esters is 2. The van der Waals surface area contributed by atoms with E-state index < -0.39 is 0 Å². The van der Waals surface area contributed by atoms with Gasteiger partial charge in [0.05, 0.1) is 0 Å². The second-order valence-corrected chi connectivity index (χ2v) is 9.96. The van der Waals surface area contributed by atoms with Crippen molar-refractivity contribution in [2.45, 2.75) is 142 Å². The van der Waals surface area contributed by atoms with Crippen LogP contribution in [0.1, 0.15) is 119 Å². The maximum absolute atomic E-state index is 12.2. The van der Waals surface area contributed by atoms with Crippen LogP contribution in [0, 0.1) is 0 Å². The number of hydrogen-bond acceptors (Lipinski definition) is 5. The molecule has 1 N–H and O–H groups in total. The van der Waals surface area contributed by atoms with E-state index in [0.717, 1.165) is 64.2 Å². The number of carbonyl (C=O) groups is 2.